The summed E-state index contributed by atoms with van der Waals surface area (Å²) in [7, 11) is 3.95. The fourth-order valence-electron chi connectivity index (χ4n) is 3.12. The first kappa shape index (κ1) is 22.5. The molecule has 0 unspecified atom stereocenters. The van der Waals surface area contributed by atoms with Crippen LogP contribution in [0.2, 0.25) is 0 Å². The van der Waals surface area contributed by atoms with Gasteiger partial charge in [-0.25, -0.2) is 0 Å². The van der Waals surface area contributed by atoms with Gasteiger partial charge in [0.2, 0.25) is 5.91 Å². The minimum absolute atomic E-state index is 0.0826. The molecule has 1 atom stereocenters. The van der Waals surface area contributed by atoms with E-state index in [4.69, 9.17) is 4.42 Å². The Morgan fingerprint density at radius 2 is 1.76 bits per heavy atom. The van der Waals surface area contributed by atoms with E-state index in [9.17, 15) is 9.59 Å². The molecule has 0 fully saturated rings. The maximum atomic E-state index is 12.9. The molecule has 0 spiro atoms. The van der Waals surface area contributed by atoms with E-state index in [0.717, 1.165) is 11.3 Å². The van der Waals surface area contributed by atoms with Gasteiger partial charge >= 0.3 is 0 Å². The maximum absolute atomic E-state index is 12.9. The van der Waals surface area contributed by atoms with Crippen molar-refractivity contribution in [3.63, 3.8) is 0 Å². The highest BCUT2D eigenvalue weighted by molar-refractivity contribution is 6.02. The fraction of sp³-hybridized carbons (Fsp3) is 0.478. The van der Waals surface area contributed by atoms with Crippen LogP contribution in [0.3, 0.4) is 0 Å². The normalized spacial score (nSPS) is 12.2. The van der Waals surface area contributed by atoms with Gasteiger partial charge in [-0.05, 0) is 48.7 Å². The molecule has 0 saturated heterocycles. The second-order valence-corrected chi connectivity index (χ2v) is 8.27. The lowest BCUT2D eigenvalue weighted by Gasteiger charge is -2.34. The molecule has 0 aliphatic carbocycles. The van der Waals surface area contributed by atoms with E-state index in [1.54, 1.807) is 12.1 Å². The average Bonchev–Trinajstić information content (AvgIpc) is 3.19. The summed E-state index contributed by atoms with van der Waals surface area (Å²) >= 11 is 0. The molecule has 1 N–H and O–H groups in total. The fourth-order valence-corrected chi connectivity index (χ4v) is 3.12. The molecule has 1 aromatic carbocycles. The number of benzene rings is 1. The molecule has 0 bridgehead atoms. The van der Waals surface area contributed by atoms with Crippen LogP contribution in [0, 0.1) is 11.8 Å². The van der Waals surface area contributed by atoms with Gasteiger partial charge in [-0.2, -0.15) is 0 Å². The third-order valence-electron chi connectivity index (χ3n) is 5.14. The number of hydrogen-bond donors (Lipinski definition) is 1. The van der Waals surface area contributed by atoms with Crippen molar-refractivity contribution in [3.05, 3.63) is 47.9 Å². The first-order valence-corrected chi connectivity index (χ1v) is 10.1. The molecule has 0 saturated carbocycles. The lowest BCUT2D eigenvalue weighted by Crippen LogP contribution is -2.43. The van der Waals surface area contributed by atoms with Gasteiger partial charge in [0.05, 0.1) is 6.26 Å². The van der Waals surface area contributed by atoms with Crippen LogP contribution in [0.15, 0.2) is 41.0 Å². The zero-order valence-electron chi connectivity index (χ0n) is 18.5. The summed E-state index contributed by atoms with van der Waals surface area (Å²) < 4.78 is 5.17. The highest BCUT2D eigenvalue weighted by atomic mass is 16.3. The van der Waals surface area contributed by atoms with Crippen LogP contribution in [-0.4, -0.2) is 36.9 Å². The number of nitrogens with zero attached hydrogens (tertiary/aromatic N) is 2. The Labute approximate surface area is 173 Å². The zero-order valence-corrected chi connectivity index (χ0v) is 18.5. The largest absolute Gasteiger partial charge is 0.459 e. The van der Waals surface area contributed by atoms with Crippen LogP contribution in [0.5, 0.6) is 0 Å². The first-order valence-electron chi connectivity index (χ1n) is 10.1. The lowest BCUT2D eigenvalue weighted by atomic mass is 10.0. The predicted octanol–water partition coefficient (Wildman–Crippen LogP) is 4.63. The van der Waals surface area contributed by atoms with E-state index in [2.05, 4.69) is 26.1 Å². The molecule has 2 amide bonds. The summed E-state index contributed by atoms with van der Waals surface area (Å²) in [6, 6.07) is 9.16. The molecular weight excluding hydrogens is 366 g/mol. The van der Waals surface area contributed by atoms with Crippen molar-refractivity contribution in [2.75, 3.05) is 24.3 Å². The minimum Gasteiger partial charge on any atom is -0.459 e. The molecule has 6 nitrogen and oxygen atoms in total. The van der Waals surface area contributed by atoms with Crippen LogP contribution in [-0.2, 0) is 11.3 Å². The molecule has 1 heterocycles. The van der Waals surface area contributed by atoms with E-state index in [1.165, 1.54) is 6.26 Å². The van der Waals surface area contributed by atoms with Crippen LogP contribution < -0.4 is 10.2 Å². The SMILES string of the molecule is CC(C)C(=O)N(Cc1cc(NC(=O)c2ccco2)ccc1N(C)C)[C@@H](C)C(C)C. The number of amides is 2. The van der Waals surface area contributed by atoms with Crippen molar-refractivity contribution in [1.82, 2.24) is 4.90 Å². The molecule has 2 rings (SSSR count). The molecule has 1 aromatic heterocycles. The van der Waals surface area contributed by atoms with E-state index < -0.39 is 0 Å². The standard InChI is InChI=1S/C23H33N3O3/c1-15(2)17(5)26(23(28)16(3)4)14-18-13-19(10-11-20(18)25(6)7)24-22(27)21-9-8-12-29-21/h8-13,15-17H,14H2,1-7H3,(H,24,27)/t17-/m0/s1. The summed E-state index contributed by atoms with van der Waals surface area (Å²) in [5.41, 5.74) is 2.66. The monoisotopic (exact) mass is 399 g/mol. The summed E-state index contributed by atoms with van der Waals surface area (Å²) in [5.74, 6) is 0.335. The lowest BCUT2D eigenvalue weighted by molar-refractivity contribution is -0.138. The first-order chi connectivity index (χ1) is 13.6. The molecule has 0 aliphatic heterocycles. The van der Waals surface area contributed by atoms with E-state index in [1.807, 2.05) is 55.9 Å². The maximum Gasteiger partial charge on any atom is 0.291 e. The van der Waals surface area contributed by atoms with Gasteiger partial charge in [0.15, 0.2) is 5.76 Å². The van der Waals surface area contributed by atoms with Gasteiger partial charge in [-0.15, -0.1) is 0 Å². The highest BCUT2D eigenvalue weighted by Gasteiger charge is 2.26. The Morgan fingerprint density at radius 1 is 1.07 bits per heavy atom. The second-order valence-electron chi connectivity index (χ2n) is 8.27. The third kappa shape index (κ3) is 5.62. The summed E-state index contributed by atoms with van der Waals surface area (Å²) in [5, 5.41) is 2.87. The number of rotatable bonds is 8. The van der Waals surface area contributed by atoms with Gasteiger partial charge < -0.3 is 19.5 Å². The summed E-state index contributed by atoms with van der Waals surface area (Å²) in [6.07, 6.45) is 1.47. The number of furan rings is 1. The van der Waals surface area contributed by atoms with Gasteiger partial charge in [0.25, 0.3) is 5.91 Å². The van der Waals surface area contributed by atoms with E-state index in [-0.39, 0.29) is 29.5 Å². The van der Waals surface area contributed by atoms with Crippen LogP contribution >= 0.6 is 0 Å². The van der Waals surface area contributed by atoms with Crippen molar-refractivity contribution >= 4 is 23.2 Å². The average molecular weight is 400 g/mol. The molecule has 6 heteroatoms. The van der Waals surface area contributed by atoms with Crippen LogP contribution in [0.1, 0.15) is 50.7 Å². The molecular formula is C23H33N3O3. The molecule has 0 radical (unpaired) electrons. The van der Waals surface area contributed by atoms with Crippen LogP contribution in [0.25, 0.3) is 0 Å². The Kier molecular flexibility index (Phi) is 7.48. The van der Waals surface area contributed by atoms with Gasteiger partial charge in [0.1, 0.15) is 0 Å². The smallest absolute Gasteiger partial charge is 0.291 e. The molecule has 2 aromatic rings. The number of carbonyl (C=O) groups is 2. The zero-order chi connectivity index (χ0) is 21.7. The van der Waals surface area contributed by atoms with Crippen molar-refractivity contribution in [3.8, 4) is 0 Å². The molecule has 0 aliphatic rings. The van der Waals surface area contributed by atoms with Crippen molar-refractivity contribution in [2.45, 2.75) is 47.2 Å². The highest BCUT2D eigenvalue weighted by Crippen LogP contribution is 2.27. The van der Waals surface area contributed by atoms with E-state index in [0.29, 0.717) is 18.2 Å². The summed E-state index contributed by atoms with van der Waals surface area (Å²) in [4.78, 5) is 29.2. The minimum atomic E-state index is -0.302. The quantitative estimate of drug-likeness (QED) is 0.703. The Morgan fingerprint density at radius 3 is 2.28 bits per heavy atom. The number of hydrogen-bond acceptors (Lipinski definition) is 4. The molecule has 158 valence electrons. The Balaban J connectivity index is 2.36. The topological polar surface area (TPSA) is 65.8 Å². The second kappa shape index (κ2) is 9.63. The van der Waals surface area contributed by atoms with Crippen LogP contribution in [0.4, 0.5) is 11.4 Å². The third-order valence-corrected chi connectivity index (χ3v) is 5.14. The van der Waals surface area contributed by atoms with Gasteiger partial charge in [0, 0.05) is 44.0 Å². The predicted molar refractivity (Wildman–Crippen MR) is 117 cm³/mol. The van der Waals surface area contributed by atoms with Gasteiger partial charge in [-0.1, -0.05) is 27.7 Å². The van der Waals surface area contributed by atoms with Crippen molar-refractivity contribution in [2.24, 2.45) is 11.8 Å². The molecule has 29 heavy (non-hydrogen) atoms. The number of nitrogens with one attached hydrogen (secondary N) is 1. The van der Waals surface area contributed by atoms with Crippen molar-refractivity contribution < 1.29 is 14.0 Å². The van der Waals surface area contributed by atoms with E-state index >= 15 is 0 Å². The Bertz CT molecular complexity index is 826. The van der Waals surface area contributed by atoms with Gasteiger partial charge in [-0.3, -0.25) is 9.59 Å². The number of anilines is 2. The number of carbonyl (C=O) groups excluding carboxylic acids is 2. The summed E-state index contributed by atoms with van der Waals surface area (Å²) in [6.45, 7) is 10.7. The van der Waals surface area contributed by atoms with Crippen molar-refractivity contribution in [1.29, 1.82) is 0 Å². The Hall–Kier alpha value is -2.76.